The van der Waals surface area contributed by atoms with Gasteiger partial charge in [0, 0.05) is 18.0 Å². The Hall–Kier alpha value is -3.07. The Balaban J connectivity index is 1.82. The average molecular weight is 402 g/mol. The van der Waals surface area contributed by atoms with Gasteiger partial charge in [0.1, 0.15) is 27.7 Å². The molecular weight excluding hydrogens is 383 g/mol. The van der Waals surface area contributed by atoms with Crippen LogP contribution in [0.2, 0.25) is 0 Å². The summed E-state index contributed by atoms with van der Waals surface area (Å²) in [5, 5.41) is 3.07. The van der Waals surface area contributed by atoms with Crippen LogP contribution in [0.1, 0.15) is 5.56 Å². The predicted octanol–water partition coefficient (Wildman–Crippen LogP) is 3.02. The van der Waals surface area contributed by atoms with E-state index < -0.39 is 15.7 Å². The number of methoxy groups -OCH3 is 1. The summed E-state index contributed by atoms with van der Waals surface area (Å²) in [6.45, 7) is 0. The fraction of sp³-hybridized carbons (Fsp3) is 0.211. The molecule has 2 aromatic carbocycles. The summed E-state index contributed by atoms with van der Waals surface area (Å²) in [6, 6.07) is 11.5. The van der Waals surface area contributed by atoms with Gasteiger partial charge in [-0.3, -0.25) is 0 Å². The minimum Gasteiger partial charge on any atom is -0.496 e. The Labute approximate surface area is 162 Å². The zero-order valence-corrected chi connectivity index (χ0v) is 16.2. The standard InChI is InChI=1S/C19H19FN4O3S/c1-27-17-11-14(20)6-7-16(17)18-21-12-22-19(24-18)23-15-5-3-4-13(10-15)8-9-28(2,25)26/h3-7,10-12H,8-9H2,1-2H3,(H,21,22,23,24). The number of benzene rings is 2. The molecule has 0 aliphatic carbocycles. The zero-order chi connectivity index (χ0) is 20.1. The summed E-state index contributed by atoms with van der Waals surface area (Å²) in [5.74, 6) is 0.620. The van der Waals surface area contributed by atoms with E-state index in [0.29, 0.717) is 35.2 Å². The Morgan fingerprint density at radius 3 is 2.71 bits per heavy atom. The molecule has 9 heteroatoms. The number of hydrogen-bond donors (Lipinski definition) is 1. The third-order valence-electron chi connectivity index (χ3n) is 3.92. The van der Waals surface area contributed by atoms with E-state index in [1.807, 2.05) is 24.3 Å². The van der Waals surface area contributed by atoms with Crippen LogP contribution < -0.4 is 10.1 Å². The van der Waals surface area contributed by atoms with Gasteiger partial charge in [0.05, 0.1) is 18.4 Å². The van der Waals surface area contributed by atoms with Gasteiger partial charge in [-0.25, -0.2) is 22.8 Å². The van der Waals surface area contributed by atoms with E-state index in [-0.39, 0.29) is 5.75 Å². The Morgan fingerprint density at radius 2 is 1.96 bits per heavy atom. The minimum atomic E-state index is -3.03. The van der Waals surface area contributed by atoms with Gasteiger partial charge >= 0.3 is 0 Å². The van der Waals surface area contributed by atoms with Crippen molar-refractivity contribution < 1.29 is 17.5 Å². The lowest BCUT2D eigenvalue weighted by Crippen LogP contribution is -2.06. The van der Waals surface area contributed by atoms with Gasteiger partial charge in [-0.05, 0) is 36.2 Å². The highest BCUT2D eigenvalue weighted by Gasteiger charge is 2.11. The second-order valence-electron chi connectivity index (χ2n) is 6.18. The Morgan fingerprint density at radius 1 is 1.14 bits per heavy atom. The maximum atomic E-state index is 13.4. The van der Waals surface area contributed by atoms with Crippen LogP contribution in [0.3, 0.4) is 0 Å². The van der Waals surface area contributed by atoms with E-state index >= 15 is 0 Å². The molecule has 7 nitrogen and oxygen atoms in total. The quantitative estimate of drug-likeness (QED) is 0.649. The van der Waals surface area contributed by atoms with Crippen molar-refractivity contribution in [1.29, 1.82) is 0 Å². The number of nitrogens with one attached hydrogen (secondary N) is 1. The third kappa shape index (κ3) is 5.23. The molecule has 0 aliphatic rings. The van der Waals surface area contributed by atoms with Crippen LogP contribution in [0, 0.1) is 5.82 Å². The topological polar surface area (TPSA) is 94.1 Å². The number of aryl methyl sites for hydroxylation is 1. The lowest BCUT2D eigenvalue weighted by Gasteiger charge is -2.10. The number of sulfone groups is 1. The highest BCUT2D eigenvalue weighted by molar-refractivity contribution is 7.90. The molecule has 3 rings (SSSR count). The summed E-state index contributed by atoms with van der Waals surface area (Å²) >= 11 is 0. The lowest BCUT2D eigenvalue weighted by molar-refractivity contribution is 0.412. The molecule has 0 unspecified atom stereocenters. The highest BCUT2D eigenvalue weighted by atomic mass is 32.2. The van der Waals surface area contributed by atoms with E-state index in [0.717, 1.165) is 5.56 Å². The highest BCUT2D eigenvalue weighted by Crippen LogP contribution is 2.28. The smallest absolute Gasteiger partial charge is 0.230 e. The molecule has 1 N–H and O–H groups in total. The summed E-state index contributed by atoms with van der Waals surface area (Å²) in [5.41, 5.74) is 2.13. The number of anilines is 2. The van der Waals surface area contributed by atoms with E-state index in [1.165, 1.54) is 31.8 Å². The lowest BCUT2D eigenvalue weighted by atomic mass is 10.1. The number of rotatable bonds is 7. The van der Waals surface area contributed by atoms with Crippen LogP contribution in [-0.2, 0) is 16.3 Å². The normalized spacial score (nSPS) is 11.2. The van der Waals surface area contributed by atoms with Gasteiger partial charge in [-0.2, -0.15) is 4.98 Å². The molecule has 1 aromatic heterocycles. The van der Waals surface area contributed by atoms with Crippen molar-refractivity contribution in [2.24, 2.45) is 0 Å². The maximum absolute atomic E-state index is 13.4. The van der Waals surface area contributed by atoms with Crippen LogP contribution in [0.5, 0.6) is 5.75 Å². The third-order valence-corrected chi connectivity index (χ3v) is 4.87. The van der Waals surface area contributed by atoms with Crippen molar-refractivity contribution in [3.8, 4) is 17.1 Å². The number of hydrogen-bond acceptors (Lipinski definition) is 7. The van der Waals surface area contributed by atoms with Crippen LogP contribution in [0.4, 0.5) is 16.0 Å². The number of ether oxygens (including phenoxy) is 1. The Bertz CT molecular complexity index is 1090. The molecule has 0 atom stereocenters. The number of halogens is 1. The fourth-order valence-electron chi connectivity index (χ4n) is 2.57. The molecule has 0 amide bonds. The van der Waals surface area contributed by atoms with Gasteiger partial charge in [0.15, 0.2) is 5.82 Å². The minimum absolute atomic E-state index is 0.0801. The summed E-state index contributed by atoms with van der Waals surface area (Å²) in [7, 11) is -1.59. The summed E-state index contributed by atoms with van der Waals surface area (Å²) in [6.07, 6.45) is 2.98. The first-order chi connectivity index (χ1) is 13.3. The van der Waals surface area contributed by atoms with E-state index in [9.17, 15) is 12.8 Å². The molecular formula is C19H19FN4O3S. The van der Waals surface area contributed by atoms with Gasteiger partial charge in [-0.1, -0.05) is 12.1 Å². The predicted molar refractivity (Wildman–Crippen MR) is 105 cm³/mol. The number of aromatic nitrogens is 3. The largest absolute Gasteiger partial charge is 0.496 e. The van der Waals surface area contributed by atoms with Crippen LogP contribution in [0.25, 0.3) is 11.4 Å². The first-order valence-corrected chi connectivity index (χ1v) is 10.5. The molecule has 146 valence electrons. The van der Waals surface area contributed by atoms with Crippen molar-refractivity contribution in [3.63, 3.8) is 0 Å². The molecule has 0 radical (unpaired) electrons. The second-order valence-corrected chi connectivity index (χ2v) is 8.44. The molecule has 0 fully saturated rings. The zero-order valence-electron chi connectivity index (χ0n) is 15.4. The van der Waals surface area contributed by atoms with Gasteiger partial charge in [0.25, 0.3) is 0 Å². The molecule has 0 saturated carbocycles. The SMILES string of the molecule is COc1cc(F)ccc1-c1ncnc(Nc2cccc(CCS(C)(=O)=O)c2)n1. The average Bonchev–Trinajstić information content (AvgIpc) is 2.66. The van der Waals surface area contributed by atoms with Crippen molar-refractivity contribution in [2.45, 2.75) is 6.42 Å². The molecule has 3 aromatic rings. The van der Waals surface area contributed by atoms with Gasteiger partial charge in [-0.15, -0.1) is 0 Å². The van der Waals surface area contributed by atoms with E-state index in [1.54, 1.807) is 6.07 Å². The van der Waals surface area contributed by atoms with Crippen molar-refractivity contribution in [2.75, 3.05) is 24.4 Å². The number of nitrogens with zero attached hydrogens (tertiary/aromatic N) is 3. The van der Waals surface area contributed by atoms with Crippen molar-refractivity contribution >= 4 is 21.5 Å². The van der Waals surface area contributed by atoms with Crippen LogP contribution in [-0.4, -0.2) is 42.5 Å². The fourth-order valence-corrected chi connectivity index (χ4v) is 3.18. The molecule has 0 bridgehead atoms. The van der Waals surface area contributed by atoms with Crippen molar-refractivity contribution in [1.82, 2.24) is 15.0 Å². The van der Waals surface area contributed by atoms with Gasteiger partial charge < -0.3 is 10.1 Å². The first-order valence-electron chi connectivity index (χ1n) is 8.41. The van der Waals surface area contributed by atoms with E-state index in [4.69, 9.17) is 4.74 Å². The second kappa shape index (κ2) is 8.30. The molecule has 0 spiro atoms. The van der Waals surface area contributed by atoms with E-state index in [2.05, 4.69) is 20.3 Å². The van der Waals surface area contributed by atoms with Crippen LogP contribution in [0.15, 0.2) is 48.8 Å². The van der Waals surface area contributed by atoms with Crippen molar-refractivity contribution in [3.05, 3.63) is 60.2 Å². The Kier molecular flexibility index (Phi) is 5.84. The molecule has 0 aliphatic heterocycles. The first kappa shape index (κ1) is 19.7. The molecule has 28 heavy (non-hydrogen) atoms. The molecule has 1 heterocycles. The monoisotopic (exact) mass is 402 g/mol. The maximum Gasteiger partial charge on any atom is 0.230 e. The summed E-state index contributed by atoms with van der Waals surface area (Å²) in [4.78, 5) is 12.6. The van der Waals surface area contributed by atoms with Crippen LogP contribution >= 0.6 is 0 Å². The van der Waals surface area contributed by atoms with Gasteiger partial charge in [0.2, 0.25) is 5.95 Å². The summed E-state index contributed by atoms with van der Waals surface area (Å²) < 4.78 is 41.3. The molecule has 0 saturated heterocycles.